The number of ether oxygens (including phenoxy) is 1. The third-order valence-electron chi connectivity index (χ3n) is 4.39. The fraction of sp³-hybridized carbons (Fsp3) is 0.556. The smallest absolute Gasteiger partial charge is 0.246 e. The second-order valence-corrected chi connectivity index (χ2v) is 6.14. The number of nitrogens with zero attached hydrogens (tertiary/aromatic N) is 2. The second kappa shape index (κ2) is 10.1. The van der Waals surface area contributed by atoms with Crippen molar-refractivity contribution in [2.75, 3.05) is 60.0 Å². The van der Waals surface area contributed by atoms with E-state index in [1.807, 2.05) is 30.3 Å². The summed E-state index contributed by atoms with van der Waals surface area (Å²) in [5.74, 6) is -0.355. The van der Waals surface area contributed by atoms with Crippen molar-refractivity contribution >= 4 is 11.8 Å². The van der Waals surface area contributed by atoms with Crippen LogP contribution in [0, 0.1) is 0 Å². The first-order valence-electron chi connectivity index (χ1n) is 8.63. The molecule has 1 heterocycles. The summed E-state index contributed by atoms with van der Waals surface area (Å²) < 4.78 is 5.10. The summed E-state index contributed by atoms with van der Waals surface area (Å²) in [5.41, 5.74) is 0.777. The average molecular weight is 348 g/mol. The van der Waals surface area contributed by atoms with Crippen molar-refractivity contribution in [3.63, 3.8) is 0 Å². The molecule has 0 saturated carbocycles. The van der Waals surface area contributed by atoms with Gasteiger partial charge in [0.25, 0.3) is 0 Å². The van der Waals surface area contributed by atoms with Gasteiger partial charge in [-0.2, -0.15) is 0 Å². The number of carbonyl (C=O) groups is 2. The molecule has 2 rings (SSSR count). The van der Waals surface area contributed by atoms with Crippen LogP contribution >= 0.6 is 0 Å². The molecule has 7 nitrogen and oxygen atoms in total. The van der Waals surface area contributed by atoms with E-state index in [0.717, 1.165) is 44.9 Å². The van der Waals surface area contributed by atoms with Crippen LogP contribution in [-0.2, 0) is 14.3 Å². The molecular formula is C18H28N4O3. The lowest BCUT2D eigenvalue weighted by molar-refractivity contribution is -0.129. The maximum atomic E-state index is 12.4. The number of rotatable bonds is 8. The van der Waals surface area contributed by atoms with E-state index in [1.54, 1.807) is 14.2 Å². The van der Waals surface area contributed by atoms with Crippen LogP contribution in [0.15, 0.2) is 30.3 Å². The first kappa shape index (κ1) is 19.4. The lowest BCUT2D eigenvalue weighted by Gasteiger charge is -2.34. The molecule has 1 saturated heterocycles. The molecule has 1 fully saturated rings. The van der Waals surface area contributed by atoms with E-state index in [9.17, 15) is 9.59 Å². The fourth-order valence-corrected chi connectivity index (χ4v) is 2.89. The molecule has 1 aromatic carbocycles. The van der Waals surface area contributed by atoms with Crippen LogP contribution in [0.25, 0.3) is 0 Å². The summed E-state index contributed by atoms with van der Waals surface area (Å²) in [6, 6.07) is 8.62. The summed E-state index contributed by atoms with van der Waals surface area (Å²) in [4.78, 5) is 29.0. The Labute approximate surface area is 149 Å². The standard InChI is InChI=1S/C18H28N4O3/c1-19-18(24)17(15-6-4-3-5-7-15)20-16(23)14-22-10-8-21(9-11-22)12-13-25-2/h3-7,17H,8-14H2,1-2H3,(H,19,24)(H,20,23)/t17-/m0/s1. The molecule has 138 valence electrons. The molecule has 1 atom stereocenters. The molecule has 0 unspecified atom stereocenters. The van der Waals surface area contributed by atoms with Crippen LogP contribution in [0.1, 0.15) is 11.6 Å². The first-order valence-corrected chi connectivity index (χ1v) is 8.63. The van der Waals surface area contributed by atoms with Crippen LogP contribution in [0.4, 0.5) is 0 Å². The van der Waals surface area contributed by atoms with Gasteiger partial charge in [0.2, 0.25) is 11.8 Å². The minimum Gasteiger partial charge on any atom is -0.383 e. The number of benzene rings is 1. The zero-order chi connectivity index (χ0) is 18.1. The molecule has 0 spiro atoms. The van der Waals surface area contributed by atoms with Gasteiger partial charge < -0.3 is 15.4 Å². The highest BCUT2D eigenvalue weighted by molar-refractivity contribution is 5.89. The third kappa shape index (κ3) is 6.12. The number of hydrogen-bond donors (Lipinski definition) is 2. The first-order chi connectivity index (χ1) is 12.1. The maximum absolute atomic E-state index is 12.4. The van der Waals surface area contributed by atoms with Gasteiger partial charge in [0.15, 0.2) is 0 Å². The molecule has 2 amide bonds. The Balaban J connectivity index is 1.85. The van der Waals surface area contributed by atoms with E-state index in [-0.39, 0.29) is 11.8 Å². The van der Waals surface area contributed by atoms with E-state index < -0.39 is 6.04 Å². The predicted octanol–water partition coefficient (Wildman–Crippen LogP) is -0.146. The number of nitrogens with one attached hydrogen (secondary N) is 2. The lowest BCUT2D eigenvalue weighted by Crippen LogP contribution is -2.51. The molecule has 1 aliphatic rings. The van der Waals surface area contributed by atoms with Crippen molar-refractivity contribution in [2.45, 2.75) is 6.04 Å². The normalized spacial score (nSPS) is 17.0. The fourth-order valence-electron chi connectivity index (χ4n) is 2.89. The molecule has 0 aliphatic carbocycles. The van der Waals surface area contributed by atoms with Gasteiger partial charge in [0, 0.05) is 46.9 Å². The quantitative estimate of drug-likeness (QED) is 0.684. The molecule has 1 aliphatic heterocycles. The van der Waals surface area contributed by atoms with Crippen LogP contribution in [0.2, 0.25) is 0 Å². The topological polar surface area (TPSA) is 73.9 Å². The monoisotopic (exact) mass is 348 g/mol. The molecule has 25 heavy (non-hydrogen) atoms. The van der Waals surface area contributed by atoms with Crippen molar-refractivity contribution in [2.24, 2.45) is 0 Å². The molecule has 0 bridgehead atoms. The summed E-state index contributed by atoms with van der Waals surface area (Å²) in [6.07, 6.45) is 0. The summed E-state index contributed by atoms with van der Waals surface area (Å²) in [6.45, 7) is 5.48. The maximum Gasteiger partial charge on any atom is 0.246 e. The molecule has 0 aromatic heterocycles. The largest absolute Gasteiger partial charge is 0.383 e. The molecule has 2 N–H and O–H groups in total. The third-order valence-corrected chi connectivity index (χ3v) is 4.39. The number of carbonyl (C=O) groups excluding carboxylic acids is 2. The Morgan fingerprint density at radius 3 is 2.36 bits per heavy atom. The highest BCUT2D eigenvalue weighted by atomic mass is 16.5. The Hall–Kier alpha value is -1.96. The number of piperazine rings is 1. The molecule has 0 radical (unpaired) electrons. The molecular weight excluding hydrogens is 320 g/mol. The summed E-state index contributed by atoms with van der Waals surface area (Å²) >= 11 is 0. The van der Waals surface area contributed by atoms with Gasteiger partial charge in [0.05, 0.1) is 13.2 Å². The Bertz CT molecular complexity index is 545. The Kier molecular flexibility index (Phi) is 7.84. The van der Waals surface area contributed by atoms with E-state index >= 15 is 0 Å². The van der Waals surface area contributed by atoms with Gasteiger partial charge in [0.1, 0.15) is 6.04 Å². The SMILES string of the molecule is CNC(=O)[C@@H](NC(=O)CN1CCN(CCOC)CC1)c1ccccc1. The Morgan fingerprint density at radius 1 is 1.12 bits per heavy atom. The Morgan fingerprint density at radius 2 is 1.76 bits per heavy atom. The van der Waals surface area contributed by atoms with E-state index in [0.29, 0.717) is 6.54 Å². The summed E-state index contributed by atoms with van der Waals surface area (Å²) in [5, 5.41) is 5.46. The van der Waals surface area contributed by atoms with Crippen LogP contribution in [0.5, 0.6) is 0 Å². The van der Waals surface area contributed by atoms with Gasteiger partial charge in [-0.25, -0.2) is 0 Å². The van der Waals surface area contributed by atoms with Crippen molar-refractivity contribution < 1.29 is 14.3 Å². The van der Waals surface area contributed by atoms with E-state index in [1.165, 1.54) is 0 Å². The van der Waals surface area contributed by atoms with E-state index in [2.05, 4.69) is 20.4 Å². The number of amides is 2. The van der Waals surface area contributed by atoms with Crippen molar-refractivity contribution in [1.82, 2.24) is 20.4 Å². The highest BCUT2D eigenvalue weighted by Crippen LogP contribution is 2.12. The number of likely N-dealkylation sites (N-methyl/N-ethyl adjacent to an activating group) is 1. The van der Waals surface area contributed by atoms with E-state index in [4.69, 9.17) is 4.74 Å². The van der Waals surface area contributed by atoms with Gasteiger partial charge in [-0.15, -0.1) is 0 Å². The second-order valence-electron chi connectivity index (χ2n) is 6.14. The molecule has 1 aromatic rings. The van der Waals surface area contributed by atoms with Crippen molar-refractivity contribution in [3.8, 4) is 0 Å². The van der Waals surface area contributed by atoms with Crippen LogP contribution < -0.4 is 10.6 Å². The van der Waals surface area contributed by atoms with Crippen molar-refractivity contribution in [3.05, 3.63) is 35.9 Å². The minimum absolute atomic E-state index is 0.136. The lowest BCUT2D eigenvalue weighted by atomic mass is 10.1. The van der Waals surface area contributed by atoms with Gasteiger partial charge in [-0.3, -0.25) is 19.4 Å². The zero-order valence-electron chi connectivity index (χ0n) is 15.0. The van der Waals surface area contributed by atoms with Gasteiger partial charge >= 0.3 is 0 Å². The van der Waals surface area contributed by atoms with Gasteiger partial charge in [-0.1, -0.05) is 30.3 Å². The predicted molar refractivity (Wildman–Crippen MR) is 96.1 cm³/mol. The minimum atomic E-state index is -0.665. The number of hydrogen-bond acceptors (Lipinski definition) is 5. The zero-order valence-corrected chi connectivity index (χ0v) is 15.0. The summed E-state index contributed by atoms with van der Waals surface area (Å²) in [7, 11) is 3.28. The number of methoxy groups -OCH3 is 1. The highest BCUT2D eigenvalue weighted by Gasteiger charge is 2.24. The molecule has 7 heteroatoms. The van der Waals surface area contributed by atoms with Gasteiger partial charge in [-0.05, 0) is 5.56 Å². The average Bonchev–Trinajstić information content (AvgIpc) is 2.65. The van der Waals surface area contributed by atoms with Crippen LogP contribution in [0.3, 0.4) is 0 Å². The van der Waals surface area contributed by atoms with Crippen molar-refractivity contribution in [1.29, 1.82) is 0 Å². The van der Waals surface area contributed by atoms with Crippen LogP contribution in [-0.4, -0.2) is 81.6 Å².